The largest absolute Gasteiger partial charge is 1.00 e. The van der Waals surface area contributed by atoms with Crippen LogP contribution in [-0.2, 0) is 56.1 Å². The Morgan fingerprint density at radius 2 is 1.41 bits per heavy atom. The van der Waals surface area contributed by atoms with E-state index in [0.717, 1.165) is 18.2 Å². The van der Waals surface area contributed by atoms with Crippen molar-refractivity contribution in [2.45, 2.75) is 106 Å². The van der Waals surface area contributed by atoms with Gasteiger partial charge >= 0.3 is 65.1 Å². The van der Waals surface area contributed by atoms with Crippen LogP contribution in [0.15, 0.2) is 99.5 Å². The fourth-order valence-electron chi connectivity index (χ4n) is 9.42. The molecular formula is C48H54F2N2Na2O15S4. The monoisotopic (exact) mass is 1110 g/mol. The van der Waals surface area contributed by atoms with Crippen LogP contribution < -0.4 is 68.8 Å². The second-order valence-corrected chi connectivity index (χ2v) is 24.4. The number of aliphatic carboxylic acids is 1. The van der Waals surface area contributed by atoms with Crippen molar-refractivity contribution in [2.24, 2.45) is 0 Å². The van der Waals surface area contributed by atoms with Crippen molar-refractivity contribution in [3.05, 3.63) is 118 Å². The number of benzene rings is 3. The molecule has 0 unspecified atom stereocenters. The predicted molar refractivity (Wildman–Crippen MR) is 256 cm³/mol. The van der Waals surface area contributed by atoms with Crippen LogP contribution >= 0.6 is 0 Å². The molecule has 73 heavy (non-hydrogen) atoms. The molecule has 17 nitrogen and oxygen atoms in total. The van der Waals surface area contributed by atoms with Crippen molar-refractivity contribution in [3.63, 3.8) is 0 Å². The van der Waals surface area contributed by atoms with Crippen LogP contribution in [0.2, 0.25) is 0 Å². The van der Waals surface area contributed by atoms with Crippen molar-refractivity contribution in [1.82, 2.24) is 0 Å². The van der Waals surface area contributed by atoms with E-state index in [1.165, 1.54) is 30.3 Å². The first kappa shape index (κ1) is 62.4. The molecule has 0 spiro atoms. The van der Waals surface area contributed by atoms with E-state index in [1.54, 1.807) is 56.9 Å². The minimum absolute atomic E-state index is 0. The Morgan fingerprint density at radius 3 is 2.03 bits per heavy atom. The number of halogens is 2. The van der Waals surface area contributed by atoms with Crippen LogP contribution in [0.3, 0.4) is 0 Å². The molecule has 2 N–H and O–H groups in total. The first-order valence-corrected chi connectivity index (χ1v) is 28.6. The topological polar surface area (TPSA) is 279 Å². The Labute approximate surface area is 469 Å². The van der Waals surface area contributed by atoms with Gasteiger partial charge in [0, 0.05) is 65.4 Å². The molecule has 0 saturated heterocycles. The van der Waals surface area contributed by atoms with Gasteiger partial charge in [-0.05, 0) is 130 Å². The molecule has 1 aliphatic carbocycles. The van der Waals surface area contributed by atoms with Crippen LogP contribution in [0.25, 0.3) is 5.57 Å². The molecule has 0 aromatic heterocycles. The maximum atomic E-state index is 17.0. The van der Waals surface area contributed by atoms with Crippen LogP contribution in [0, 0.1) is 11.6 Å². The second kappa shape index (κ2) is 24.5. The maximum Gasteiger partial charge on any atom is 1.00 e. The molecule has 25 heteroatoms. The van der Waals surface area contributed by atoms with E-state index in [2.05, 4.69) is 0 Å². The van der Waals surface area contributed by atoms with Crippen molar-refractivity contribution < 1.29 is 139 Å². The second-order valence-electron chi connectivity index (χ2n) is 18.6. The number of anilines is 1. The van der Waals surface area contributed by atoms with Gasteiger partial charge in [-0.2, -0.15) is 13.0 Å². The summed E-state index contributed by atoms with van der Waals surface area (Å²) < 4.78 is 181. The van der Waals surface area contributed by atoms with Crippen molar-refractivity contribution in [1.29, 1.82) is 0 Å². The van der Waals surface area contributed by atoms with Crippen LogP contribution in [-0.4, -0.2) is 104 Å². The SMILES string of the molecule is CC1(C)C(/C=C/C2=C(c3c(F)ccc(OCCCC(=O)O)c3F)C(=C/C=C3/N(CCCCS(=O)(=O)[O-])c4ccc(S(=O)(=O)[O-])cc4C3(C)C)/CCC2)=[N+](CCCCS(=O)(=O)[O-])c2ccc(S(=O)(=O)O)cc21.[Na+].[Na+]. The Bertz CT molecular complexity index is 3260. The molecule has 386 valence electrons. The first-order valence-electron chi connectivity index (χ1n) is 22.6. The Morgan fingerprint density at radius 1 is 0.781 bits per heavy atom. The van der Waals surface area contributed by atoms with Gasteiger partial charge in [-0.3, -0.25) is 9.35 Å². The van der Waals surface area contributed by atoms with E-state index in [0.29, 0.717) is 51.5 Å². The molecule has 0 bridgehead atoms. The summed E-state index contributed by atoms with van der Waals surface area (Å²) in [6.45, 7) is 7.24. The van der Waals surface area contributed by atoms with E-state index in [9.17, 15) is 56.7 Å². The van der Waals surface area contributed by atoms with Gasteiger partial charge in [0.1, 0.15) is 22.5 Å². The normalized spacial score (nSPS) is 17.8. The average Bonchev–Trinajstić information content (AvgIpc) is 3.60. The number of hydrogen-bond acceptors (Lipinski definition) is 14. The van der Waals surface area contributed by atoms with Crippen molar-refractivity contribution in [3.8, 4) is 5.75 Å². The number of nitrogens with zero attached hydrogens (tertiary/aromatic N) is 2. The number of carbonyl (C=O) groups is 1. The molecule has 0 atom stereocenters. The smallest absolute Gasteiger partial charge is 0.748 e. The molecule has 6 rings (SSSR count). The van der Waals surface area contributed by atoms with E-state index >= 15 is 8.78 Å². The third kappa shape index (κ3) is 15.1. The standard InChI is InChI=1S/C48H56F2N2O15S4.2Na/c1-47(2)35-29-33(70(61,62)63)16-19-38(35)51(24-5-7-27-68(55,56)57)41(47)22-14-31-11-9-12-32(44(31)45-37(49)18-21-40(46(45)50)67-26-10-13-43(53)54)15-23-42-48(3,4)36-30-34(71(64,65)66)17-20-39(36)52(42)25-6-8-28-69(58,59)60;;/h14-23,29-30H,5-13,24-28H2,1-4H3,(H4-,53,54,55,56,57,58,59,60,61,62,63,64,65,66);;/q;2*+1/p-2. The Hall–Kier alpha value is -3.14. The zero-order valence-corrected chi connectivity index (χ0v) is 48.6. The van der Waals surface area contributed by atoms with Gasteiger partial charge in [0.05, 0.1) is 47.6 Å². The summed E-state index contributed by atoms with van der Waals surface area (Å²) in [4.78, 5) is 12.1. The van der Waals surface area contributed by atoms with Crippen LogP contribution in [0.1, 0.15) is 102 Å². The van der Waals surface area contributed by atoms with E-state index in [4.69, 9.17) is 9.84 Å². The molecule has 0 amide bonds. The fourth-order valence-corrected chi connectivity index (χ4v) is 11.5. The van der Waals surface area contributed by atoms with Gasteiger partial charge < -0.3 is 28.4 Å². The summed E-state index contributed by atoms with van der Waals surface area (Å²) in [6.07, 6.45) is 7.91. The summed E-state index contributed by atoms with van der Waals surface area (Å²) in [5.74, 6) is -4.75. The summed E-state index contributed by atoms with van der Waals surface area (Å²) in [5.41, 5.74) is 1.58. The zero-order chi connectivity index (χ0) is 52.5. The van der Waals surface area contributed by atoms with Gasteiger partial charge in [-0.15, -0.1) is 0 Å². The van der Waals surface area contributed by atoms with Gasteiger partial charge in [0.2, 0.25) is 5.69 Å². The number of hydrogen-bond donors (Lipinski definition) is 2. The van der Waals surface area contributed by atoms with Crippen molar-refractivity contribution in [2.75, 3.05) is 36.1 Å². The Kier molecular flexibility index (Phi) is 20.9. The molecule has 3 aliphatic rings. The number of carboxylic acid groups (broad SMARTS) is 1. The van der Waals surface area contributed by atoms with Gasteiger partial charge in [-0.25, -0.2) is 34.0 Å². The summed E-state index contributed by atoms with van der Waals surface area (Å²) in [5, 5.41) is 9.14. The average molecular weight is 1110 g/mol. The van der Waals surface area contributed by atoms with Gasteiger partial charge in [0.15, 0.2) is 17.3 Å². The quantitative estimate of drug-likeness (QED) is 0.0656. The predicted octanol–water partition coefficient (Wildman–Crippen LogP) is 1.20. The molecule has 0 saturated carbocycles. The number of rotatable bonds is 21. The first-order chi connectivity index (χ1) is 32.9. The minimum Gasteiger partial charge on any atom is -0.748 e. The summed E-state index contributed by atoms with van der Waals surface area (Å²) >= 11 is 0. The number of fused-ring (bicyclic) bond motifs is 2. The Balaban J connectivity index is 0.00000578. The van der Waals surface area contributed by atoms with Gasteiger partial charge in [-0.1, -0.05) is 26.0 Å². The zero-order valence-electron chi connectivity index (χ0n) is 41.3. The van der Waals surface area contributed by atoms with Crippen LogP contribution in [0.4, 0.5) is 20.2 Å². The van der Waals surface area contributed by atoms with Crippen molar-refractivity contribution >= 4 is 69.1 Å². The van der Waals surface area contributed by atoms with E-state index in [1.807, 2.05) is 4.58 Å². The molecule has 0 fully saturated rings. The summed E-state index contributed by atoms with van der Waals surface area (Å²) in [7, 11) is -18.6. The molecule has 3 aromatic carbocycles. The molecule has 0 radical (unpaired) electrons. The molecular weight excluding hydrogens is 1060 g/mol. The number of unbranched alkanes of at least 4 members (excludes halogenated alkanes) is 2. The number of allylic oxidation sites excluding steroid dienone is 8. The third-order valence-corrected chi connectivity index (χ3v) is 16.1. The van der Waals surface area contributed by atoms with Crippen LogP contribution in [0.5, 0.6) is 5.75 Å². The number of carboxylic acids is 1. The molecule has 3 aromatic rings. The van der Waals surface area contributed by atoms with E-state index < -0.39 is 90.9 Å². The fraction of sp³-hybridized carbons (Fsp3) is 0.417. The number of ether oxygens (including phenoxy) is 1. The van der Waals surface area contributed by atoms with Gasteiger partial charge in [0.25, 0.3) is 10.1 Å². The molecule has 2 aliphatic heterocycles. The third-order valence-electron chi connectivity index (χ3n) is 12.9. The maximum absolute atomic E-state index is 17.0. The summed E-state index contributed by atoms with van der Waals surface area (Å²) in [6, 6.07) is 10.0. The molecule has 2 heterocycles. The minimum atomic E-state index is -4.89. The van der Waals surface area contributed by atoms with E-state index in [-0.39, 0.29) is 146 Å².